The SMILES string of the molecule is Cc1cnc2[nH]cc(-c3ccc4c(c3)C(C)(C)CNC4=O)c2c1. The zero-order valence-corrected chi connectivity index (χ0v) is 13.5. The Hall–Kier alpha value is -2.62. The second kappa shape index (κ2) is 4.69. The smallest absolute Gasteiger partial charge is 0.251 e. The molecule has 0 saturated carbocycles. The number of pyridine rings is 1. The topological polar surface area (TPSA) is 57.8 Å². The van der Waals surface area contributed by atoms with Gasteiger partial charge < -0.3 is 10.3 Å². The van der Waals surface area contributed by atoms with Crippen molar-refractivity contribution in [3.05, 3.63) is 53.3 Å². The van der Waals surface area contributed by atoms with E-state index >= 15 is 0 Å². The number of benzene rings is 1. The molecule has 23 heavy (non-hydrogen) atoms. The van der Waals surface area contributed by atoms with Gasteiger partial charge in [0, 0.05) is 40.9 Å². The van der Waals surface area contributed by atoms with Gasteiger partial charge in [-0.2, -0.15) is 0 Å². The van der Waals surface area contributed by atoms with E-state index in [1.165, 1.54) is 0 Å². The van der Waals surface area contributed by atoms with E-state index in [0.29, 0.717) is 6.54 Å². The first kappa shape index (κ1) is 14.0. The maximum absolute atomic E-state index is 12.1. The van der Waals surface area contributed by atoms with Crippen LogP contribution in [0.1, 0.15) is 35.3 Å². The number of nitrogens with one attached hydrogen (secondary N) is 2. The van der Waals surface area contributed by atoms with Gasteiger partial charge in [-0.15, -0.1) is 0 Å². The highest BCUT2D eigenvalue weighted by atomic mass is 16.1. The third kappa shape index (κ3) is 2.13. The van der Waals surface area contributed by atoms with Gasteiger partial charge in [0.25, 0.3) is 5.91 Å². The van der Waals surface area contributed by atoms with Crippen LogP contribution in [0.2, 0.25) is 0 Å². The third-order valence-electron chi connectivity index (χ3n) is 4.66. The van der Waals surface area contributed by atoms with Gasteiger partial charge in [-0.05, 0) is 41.8 Å². The quantitative estimate of drug-likeness (QED) is 0.722. The number of aryl methyl sites for hydroxylation is 1. The normalized spacial score (nSPS) is 16.2. The summed E-state index contributed by atoms with van der Waals surface area (Å²) in [7, 11) is 0. The molecular formula is C19H19N3O. The molecule has 1 amide bonds. The van der Waals surface area contributed by atoms with Crippen LogP contribution in [0.4, 0.5) is 0 Å². The summed E-state index contributed by atoms with van der Waals surface area (Å²) in [5, 5.41) is 4.08. The zero-order valence-electron chi connectivity index (χ0n) is 13.5. The molecule has 0 saturated heterocycles. The predicted molar refractivity (Wildman–Crippen MR) is 91.6 cm³/mol. The van der Waals surface area contributed by atoms with Gasteiger partial charge in [0.1, 0.15) is 5.65 Å². The number of rotatable bonds is 1. The first-order valence-corrected chi connectivity index (χ1v) is 7.82. The zero-order chi connectivity index (χ0) is 16.2. The van der Waals surface area contributed by atoms with Crippen molar-refractivity contribution in [1.29, 1.82) is 0 Å². The summed E-state index contributed by atoms with van der Waals surface area (Å²) in [4.78, 5) is 19.8. The molecule has 0 spiro atoms. The second-order valence-corrected chi connectivity index (χ2v) is 6.94. The molecule has 1 aliphatic heterocycles. The Morgan fingerprint density at radius 3 is 2.83 bits per heavy atom. The Balaban J connectivity index is 1.93. The van der Waals surface area contributed by atoms with Gasteiger partial charge in [-0.1, -0.05) is 19.9 Å². The molecule has 0 radical (unpaired) electrons. The van der Waals surface area contributed by atoms with Crippen LogP contribution in [-0.2, 0) is 5.41 Å². The van der Waals surface area contributed by atoms with Crippen molar-refractivity contribution in [2.24, 2.45) is 0 Å². The van der Waals surface area contributed by atoms with Gasteiger partial charge in [0.2, 0.25) is 0 Å². The van der Waals surface area contributed by atoms with Crippen molar-refractivity contribution < 1.29 is 4.79 Å². The van der Waals surface area contributed by atoms with E-state index < -0.39 is 0 Å². The minimum absolute atomic E-state index is 0.0160. The highest BCUT2D eigenvalue weighted by molar-refractivity contribution is 5.99. The highest BCUT2D eigenvalue weighted by Crippen LogP contribution is 2.35. The molecule has 1 aliphatic rings. The van der Waals surface area contributed by atoms with Crippen LogP contribution in [0.5, 0.6) is 0 Å². The Bertz CT molecular complexity index is 937. The molecule has 0 atom stereocenters. The number of amides is 1. The van der Waals surface area contributed by atoms with Crippen molar-refractivity contribution in [2.45, 2.75) is 26.2 Å². The Kier molecular flexibility index (Phi) is 2.85. The lowest BCUT2D eigenvalue weighted by molar-refractivity contribution is 0.0930. The molecule has 116 valence electrons. The molecule has 4 heteroatoms. The fourth-order valence-corrected chi connectivity index (χ4v) is 3.31. The number of carbonyl (C=O) groups is 1. The Labute approximate surface area is 134 Å². The summed E-state index contributed by atoms with van der Waals surface area (Å²) >= 11 is 0. The van der Waals surface area contributed by atoms with Crippen molar-refractivity contribution in [1.82, 2.24) is 15.3 Å². The van der Waals surface area contributed by atoms with Crippen LogP contribution in [0, 0.1) is 6.92 Å². The largest absolute Gasteiger partial charge is 0.351 e. The molecule has 3 heterocycles. The number of hydrogen-bond acceptors (Lipinski definition) is 2. The maximum atomic E-state index is 12.1. The molecule has 4 rings (SSSR count). The molecule has 4 nitrogen and oxygen atoms in total. The van der Waals surface area contributed by atoms with Crippen LogP contribution in [0.3, 0.4) is 0 Å². The Morgan fingerprint density at radius 2 is 2.00 bits per heavy atom. The lowest BCUT2D eigenvalue weighted by Gasteiger charge is -2.32. The summed E-state index contributed by atoms with van der Waals surface area (Å²) in [5.74, 6) is 0.0160. The lowest BCUT2D eigenvalue weighted by Crippen LogP contribution is -2.43. The van der Waals surface area contributed by atoms with E-state index in [-0.39, 0.29) is 11.3 Å². The number of carbonyl (C=O) groups excluding carboxylic acids is 1. The molecule has 0 unspecified atom stereocenters. The van der Waals surface area contributed by atoms with Gasteiger partial charge in [0.05, 0.1) is 0 Å². The van der Waals surface area contributed by atoms with Crippen molar-refractivity contribution in [2.75, 3.05) is 6.54 Å². The summed E-state index contributed by atoms with van der Waals surface area (Å²) < 4.78 is 0. The minimum atomic E-state index is -0.0699. The van der Waals surface area contributed by atoms with E-state index in [1.54, 1.807) is 0 Å². The number of hydrogen-bond donors (Lipinski definition) is 2. The monoisotopic (exact) mass is 305 g/mol. The van der Waals surface area contributed by atoms with Crippen LogP contribution in [0.25, 0.3) is 22.2 Å². The third-order valence-corrected chi connectivity index (χ3v) is 4.66. The molecule has 2 N–H and O–H groups in total. The van der Waals surface area contributed by atoms with Crippen molar-refractivity contribution in [3.8, 4) is 11.1 Å². The standard InChI is InChI=1S/C19H19N3O/c1-11-6-14-15(9-21-17(14)20-8-11)12-4-5-13-16(7-12)19(2,3)10-22-18(13)23/h4-9H,10H2,1-3H3,(H,20,21)(H,22,23). The van der Waals surface area contributed by atoms with Gasteiger partial charge in [0.15, 0.2) is 0 Å². The second-order valence-electron chi connectivity index (χ2n) is 6.94. The average Bonchev–Trinajstić information content (AvgIpc) is 2.94. The van der Waals surface area contributed by atoms with E-state index in [4.69, 9.17) is 0 Å². The van der Waals surface area contributed by atoms with E-state index in [9.17, 15) is 4.79 Å². The van der Waals surface area contributed by atoms with Crippen LogP contribution in [0.15, 0.2) is 36.7 Å². The molecule has 3 aromatic rings. The van der Waals surface area contributed by atoms with Crippen molar-refractivity contribution in [3.63, 3.8) is 0 Å². The minimum Gasteiger partial charge on any atom is -0.351 e. The fourth-order valence-electron chi connectivity index (χ4n) is 3.31. The first-order chi connectivity index (χ1) is 11.0. The first-order valence-electron chi connectivity index (χ1n) is 7.82. The molecular weight excluding hydrogens is 286 g/mol. The lowest BCUT2D eigenvalue weighted by atomic mass is 9.78. The summed E-state index contributed by atoms with van der Waals surface area (Å²) in [6.45, 7) is 7.03. The number of H-pyrrole nitrogens is 1. The van der Waals surface area contributed by atoms with Crippen LogP contribution >= 0.6 is 0 Å². The molecule has 1 aromatic carbocycles. The highest BCUT2D eigenvalue weighted by Gasteiger charge is 2.31. The summed E-state index contributed by atoms with van der Waals surface area (Å²) in [6.07, 6.45) is 3.86. The predicted octanol–water partition coefficient (Wildman–Crippen LogP) is 3.56. The summed E-state index contributed by atoms with van der Waals surface area (Å²) in [6, 6.07) is 8.25. The number of aromatic nitrogens is 2. The Morgan fingerprint density at radius 1 is 1.17 bits per heavy atom. The maximum Gasteiger partial charge on any atom is 0.251 e. The molecule has 0 fully saturated rings. The van der Waals surface area contributed by atoms with Gasteiger partial charge in [-0.25, -0.2) is 4.98 Å². The number of aromatic amines is 1. The number of fused-ring (bicyclic) bond motifs is 2. The van der Waals surface area contributed by atoms with E-state index in [0.717, 1.165) is 38.9 Å². The molecule has 0 bridgehead atoms. The van der Waals surface area contributed by atoms with Crippen LogP contribution in [-0.4, -0.2) is 22.4 Å². The van der Waals surface area contributed by atoms with Crippen LogP contribution < -0.4 is 5.32 Å². The van der Waals surface area contributed by atoms with Gasteiger partial charge >= 0.3 is 0 Å². The fraction of sp³-hybridized carbons (Fsp3) is 0.263. The van der Waals surface area contributed by atoms with Gasteiger partial charge in [-0.3, -0.25) is 4.79 Å². The number of nitrogens with zero attached hydrogens (tertiary/aromatic N) is 1. The molecule has 0 aliphatic carbocycles. The molecule has 2 aromatic heterocycles. The van der Waals surface area contributed by atoms with E-state index in [1.807, 2.05) is 31.5 Å². The summed E-state index contributed by atoms with van der Waals surface area (Å²) in [5.41, 5.74) is 6.08. The van der Waals surface area contributed by atoms with E-state index in [2.05, 4.69) is 41.3 Å². The van der Waals surface area contributed by atoms with Crippen molar-refractivity contribution >= 4 is 16.9 Å². The average molecular weight is 305 g/mol.